The van der Waals surface area contributed by atoms with Crippen LogP contribution in [-0.2, 0) is 20.7 Å². The van der Waals surface area contributed by atoms with E-state index in [4.69, 9.17) is 4.74 Å². The summed E-state index contributed by atoms with van der Waals surface area (Å²) < 4.78 is 10.2. The number of benzene rings is 1. The summed E-state index contributed by atoms with van der Waals surface area (Å²) in [6, 6.07) is 6.91. The molecule has 1 atom stereocenters. The van der Waals surface area contributed by atoms with E-state index >= 15 is 0 Å². The summed E-state index contributed by atoms with van der Waals surface area (Å²) in [6.45, 7) is 5.58. The van der Waals surface area contributed by atoms with E-state index in [1.54, 1.807) is 0 Å². The molecule has 1 rings (SSSR count). The number of aryl methyl sites for hydroxylation is 1. The number of hydrogen-bond donors (Lipinski definition) is 1. The Hall–Kier alpha value is -2.04. The number of amides is 1. The van der Waals surface area contributed by atoms with Gasteiger partial charge in [-0.3, -0.25) is 4.79 Å². The third-order valence-corrected chi connectivity index (χ3v) is 3.15. The zero-order valence-corrected chi connectivity index (χ0v) is 13.0. The number of nitrogens with one attached hydrogen (secondary N) is 1. The highest BCUT2D eigenvalue weighted by Crippen LogP contribution is 2.18. The van der Waals surface area contributed by atoms with Crippen LogP contribution in [0, 0.1) is 5.92 Å². The Kier molecular flexibility index (Phi) is 6.72. The molecule has 21 heavy (non-hydrogen) atoms. The van der Waals surface area contributed by atoms with Crippen LogP contribution in [0.3, 0.4) is 0 Å². The van der Waals surface area contributed by atoms with Gasteiger partial charge >= 0.3 is 5.97 Å². The lowest BCUT2D eigenvalue weighted by Gasteiger charge is -2.20. The SMILES string of the molecule is CCc1ccccc1OCC(=O)NC(C(=O)OC)C(C)C. The van der Waals surface area contributed by atoms with Crippen molar-refractivity contribution in [1.29, 1.82) is 0 Å². The van der Waals surface area contributed by atoms with Crippen molar-refractivity contribution in [1.82, 2.24) is 5.32 Å². The van der Waals surface area contributed by atoms with Crippen molar-refractivity contribution in [3.05, 3.63) is 29.8 Å². The van der Waals surface area contributed by atoms with E-state index in [9.17, 15) is 9.59 Å². The summed E-state index contributed by atoms with van der Waals surface area (Å²) in [7, 11) is 1.30. The molecule has 0 heterocycles. The van der Waals surface area contributed by atoms with Crippen LogP contribution >= 0.6 is 0 Å². The topological polar surface area (TPSA) is 64.6 Å². The number of para-hydroxylation sites is 1. The molecule has 0 aliphatic heterocycles. The molecule has 1 aromatic carbocycles. The van der Waals surface area contributed by atoms with Crippen molar-refractivity contribution < 1.29 is 19.1 Å². The lowest BCUT2D eigenvalue weighted by molar-refractivity contribution is -0.146. The molecule has 0 spiro atoms. The summed E-state index contributed by atoms with van der Waals surface area (Å²) in [5.74, 6) is -0.157. The molecule has 5 nitrogen and oxygen atoms in total. The molecule has 0 saturated heterocycles. The Morgan fingerprint density at radius 3 is 2.48 bits per heavy atom. The molecule has 0 fully saturated rings. The smallest absolute Gasteiger partial charge is 0.328 e. The molecule has 1 unspecified atom stereocenters. The molecule has 116 valence electrons. The molecule has 0 aliphatic rings. The fourth-order valence-electron chi connectivity index (χ4n) is 1.92. The lowest BCUT2D eigenvalue weighted by atomic mass is 10.0. The predicted octanol–water partition coefficient (Wildman–Crippen LogP) is 1.94. The van der Waals surface area contributed by atoms with Crippen molar-refractivity contribution in [2.45, 2.75) is 33.2 Å². The first-order valence-corrected chi connectivity index (χ1v) is 7.07. The Morgan fingerprint density at radius 2 is 1.90 bits per heavy atom. The van der Waals surface area contributed by atoms with E-state index < -0.39 is 12.0 Å². The zero-order valence-electron chi connectivity index (χ0n) is 13.0. The highest BCUT2D eigenvalue weighted by molar-refractivity contribution is 5.85. The van der Waals surface area contributed by atoms with Crippen molar-refractivity contribution in [2.24, 2.45) is 5.92 Å². The van der Waals surface area contributed by atoms with Crippen LogP contribution in [-0.4, -0.2) is 31.6 Å². The van der Waals surface area contributed by atoms with Gasteiger partial charge in [0.1, 0.15) is 11.8 Å². The summed E-state index contributed by atoms with van der Waals surface area (Å²) in [5, 5.41) is 2.64. The minimum atomic E-state index is -0.660. The van der Waals surface area contributed by atoms with E-state index in [-0.39, 0.29) is 18.4 Å². The highest BCUT2D eigenvalue weighted by atomic mass is 16.5. The first-order chi connectivity index (χ1) is 9.99. The zero-order chi connectivity index (χ0) is 15.8. The standard InChI is InChI=1S/C16H23NO4/c1-5-12-8-6-7-9-13(12)21-10-14(18)17-15(11(2)3)16(19)20-4/h6-9,11,15H,5,10H2,1-4H3,(H,17,18). The van der Waals surface area contributed by atoms with E-state index in [0.29, 0.717) is 5.75 Å². The molecule has 0 radical (unpaired) electrons. The van der Waals surface area contributed by atoms with Crippen LogP contribution in [0.15, 0.2) is 24.3 Å². The number of esters is 1. The second-order valence-corrected chi connectivity index (χ2v) is 5.06. The van der Waals surface area contributed by atoms with E-state index in [0.717, 1.165) is 12.0 Å². The maximum atomic E-state index is 11.9. The van der Waals surface area contributed by atoms with Crippen LogP contribution < -0.4 is 10.1 Å². The van der Waals surface area contributed by atoms with Gasteiger partial charge in [0.25, 0.3) is 5.91 Å². The average molecular weight is 293 g/mol. The van der Waals surface area contributed by atoms with E-state index in [2.05, 4.69) is 10.1 Å². The van der Waals surface area contributed by atoms with Crippen molar-refractivity contribution in [3.63, 3.8) is 0 Å². The third-order valence-electron chi connectivity index (χ3n) is 3.15. The van der Waals surface area contributed by atoms with Crippen LogP contribution in [0.5, 0.6) is 5.75 Å². The van der Waals surface area contributed by atoms with Gasteiger partial charge in [0.2, 0.25) is 0 Å². The van der Waals surface area contributed by atoms with Gasteiger partial charge in [-0.1, -0.05) is 39.0 Å². The second kappa shape index (κ2) is 8.29. The number of hydrogen-bond acceptors (Lipinski definition) is 4. The van der Waals surface area contributed by atoms with Gasteiger partial charge in [0.05, 0.1) is 7.11 Å². The first-order valence-electron chi connectivity index (χ1n) is 7.07. The van der Waals surface area contributed by atoms with Gasteiger partial charge in [-0.15, -0.1) is 0 Å². The van der Waals surface area contributed by atoms with Crippen LogP contribution in [0.2, 0.25) is 0 Å². The molecule has 1 amide bonds. The van der Waals surface area contributed by atoms with Gasteiger partial charge in [-0.2, -0.15) is 0 Å². The number of ether oxygens (including phenoxy) is 2. The highest BCUT2D eigenvalue weighted by Gasteiger charge is 2.24. The Bertz CT molecular complexity index is 485. The number of carbonyl (C=O) groups is 2. The van der Waals surface area contributed by atoms with Crippen LogP contribution in [0.25, 0.3) is 0 Å². The van der Waals surface area contributed by atoms with E-state index in [1.165, 1.54) is 7.11 Å². The van der Waals surface area contributed by atoms with Crippen LogP contribution in [0.4, 0.5) is 0 Å². The predicted molar refractivity (Wildman–Crippen MR) is 80.1 cm³/mol. The van der Waals surface area contributed by atoms with Gasteiger partial charge < -0.3 is 14.8 Å². The summed E-state index contributed by atoms with van der Waals surface area (Å²) in [4.78, 5) is 23.5. The Morgan fingerprint density at radius 1 is 1.24 bits per heavy atom. The molecule has 1 N–H and O–H groups in total. The molecule has 5 heteroatoms. The van der Waals surface area contributed by atoms with Gasteiger partial charge in [0, 0.05) is 0 Å². The number of rotatable bonds is 7. The third kappa shape index (κ3) is 5.10. The van der Waals surface area contributed by atoms with Gasteiger partial charge in [-0.05, 0) is 24.0 Å². The summed E-state index contributed by atoms with van der Waals surface area (Å²) >= 11 is 0. The number of methoxy groups -OCH3 is 1. The lowest BCUT2D eigenvalue weighted by Crippen LogP contribution is -2.46. The van der Waals surface area contributed by atoms with E-state index in [1.807, 2.05) is 45.0 Å². The van der Waals surface area contributed by atoms with Crippen molar-refractivity contribution in [3.8, 4) is 5.75 Å². The monoisotopic (exact) mass is 293 g/mol. The Balaban J connectivity index is 2.59. The number of carbonyl (C=O) groups excluding carboxylic acids is 2. The first kappa shape index (κ1) is 17.0. The summed E-state index contributed by atoms with van der Waals surface area (Å²) in [5.41, 5.74) is 1.04. The fraction of sp³-hybridized carbons (Fsp3) is 0.500. The molecule has 0 saturated carbocycles. The van der Waals surface area contributed by atoms with Gasteiger partial charge in [-0.25, -0.2) is 4.79 Å². The van der Waals surface area contributed by atoms with Crippen molar-refractivity contribution in [2.75, 3.05) is 13.7 Å². The minimum absolute atomic E-state index is 0.0515. The normalized spacial score (nSPS) is 11.9. The maximum Gasteiger partial charge on any atom is 0.328 e. The summed E-state index contributed by atoms with van der Waals surface area (Å²) in [6.07, 6.45) is 0.828. The molecule has 0 aliphatic carbocycles. The molecular formula is C16H23NO4. The molecule has 0 bridgehead atoms. The van der Waals surface area contributed by atoms with Crippen molar-refractivity contribution >= 4 is 11.9 Å². The largest absolute Gasteiger partial charge is 0.483 e. The fourth-order valence-corrected chi connectivity index (χ4v) is 1.92. The van der Waals surface area contributed by atoms with Gasteiger partial charge in [0.15, 0.2) is 6.61 Å². The molecular weight excluding hydrogens is 270 g/mol. The molecule has 0 aromatic heterocycles. The second-order valence-electron chi connectivity index (χ2n) is 5.06. The quantitative estimate of drug-likeness (QED) is 0.780. The maximum absolute atomic E-state index is 11.9. The van der Waals surface area contributed by atoms with Crippen LogP contribution in [0.1, 0.15) is 26.3 Å². The average Bonchev–Trinajstić information content (AvgIpc) is 2.49. The Labute approximate surface area is 125 Å². The molecule has 1 aromatic rings. The minimum Gasteiger partial charge on any atom is -0.483 e.